The van der Waals surface area contributed by atoms with E-state index in [0.29, 0.717) is 39.2 Å². The summed E-state index contributed by atoms with van der Waals surface area (Å²) in [5, 5.41) is 3.24. The predicted octanol–water partition coefficient (Wildman–Crippen LogP) is 4.49. The van der Waals surface area contributed by atoms with Crippen LogP contribution in [0, 0.1) is 0 Å². The van der Waals surface area contributed by atoms with E-state index in [1.54, 1.807) is 37.4 Å². The Balaban J connectivity index is 1.49. The van der Waals surface area contributed by atoms with Gasteiger partial charge < -0.3 is 19.5 Å². The third-order valence-corrected chi connectivity index (χ3v) is 5.25. The van der Waals surface area contributed by atoms with Crippen LogP contribution in [0.25, 0.3) is 22.2 Å². The van der Waals surface area contributed by atoms with Crippen LogP contribution in [0.1, 0.15) is 20.7 Å². The number of hydrogen-bond donors (Lipinski definition) is 1. The number of ether oxygens (including phenoxy) is 3. The van der Waals surface area contributed by atoms with Gasteiger partial charge in [-0.25, -0.2) is 14.6 Å². The minimum atomic E-state index is -0.644. The zero-order chi connectivity index (χ0) is 24.8. The number of nitrogens with one attached hydrogen (secondary N) is 1. The Morgan fingerprint density at radius 2 is 1.57 bits per heavy atom. The van der Waals surface area contributed by atoms with E-state index in [2.05, 4.69) is 15.0 Å². The Hall–Kier alpha value is -4.72. The van der Waals surface area contributed by atoms with Crippen molar-refractivity contribution >= 4 is 34.4 Å². The average Bonchev–Trinajstić information content (AvgIpc) is 2.91. The molecule has 1 N–H and O–H groups in total. The largest absolute Gasteiger partial charge is 0.497 e. The first kappa shape index (κ1) is 23.4. The van der Waals surface area contributed by atoms with Gasteiger partial charge in [0.15, 0.2) is 6.61 Å². The molecule has 0 saturated carbocycles. The Kier molecular flexibility index (Phi) is 7.02. The molecule has 1 amide bonds. The molecule has 0 unspecified atom stereocenters. The van der Waals surface area contributed by atoms with E-state index in [1.165, 1.54) is 19.2 Å². The molecule has 8 nitrogen and oxygen atoms in total. The molecule has 0 spiro atoms. The lowest BCUT2D eigenvalue weighted by Gasteiger charge is -2.11. The van der Waals surface area contributed by atoms with E-state index in [9.17, 15) is 14.4 Å². The van der Waals surface area contributed by atoms with Gasteiger partial charge in [0.05, 0.1) is 36.6 Å². The molecular formula is C27H22N2O6. The average molecular weight is 470 g/mol. The zero-order valence-corrected chi connectivity index (χ0v) is 19.1. The Morgan fingerprint density at radius 1 is 0.857 bits per heavy atom. The van der Waals surface area contributed by atoms with Crippen molar-refractivity contribution in [3.8, 4) is 17.0 Å². The highest BCUT2D eigenvalue weighted by atomic mass is 16.5. The van der Waals surface area contributed by atoms with Gasteiger partial charge in [-0.2, -0.15) is 0 Å². The van der Waals surface area contributed by atoms with Gasteiger partial charge in [-0.15, -0.1) is 0 Å². The lowest BCUT2D eigenvalue weighted by atomic mass is 10.0. The van der Waals surface area contributed by atoms with E-state index >= 15 is 0 Å². The minimum Gasteiger partial charge on any atom is -0.497 e. The molecule has 35 heavy (non-hydrogen) atoms. The first-order chi connectivity index (χ1) is 17.0. The third kappa shape index (κ3) is 5.44. The Labute approximate surface area is 201 Å². The molecular weight excluding hydrogens is 448 g/mol. The fourth-order valence-corrected chi connectivity index (χ4v) is 3.47. The van der Waals surface area contributed by atoms with Crippen molar-refractivity contribution in [2.45, 2.75) is 0 Å². The molecule has 0 aliphatic heterocycles. The number of carbonyl (C=O) groups excluding carboxylic acids is 3. The van der Waals surface area contributed by atoms with Crippen LogP contribution in [0.5, 0.6) is 5.75 Å². The molecule has 176 valence electrons. The van der Waals surface area contributed by atoms with E-state index in [4.69, 9.17) is 9.47 Å². The molecule has 0 fully saturated rings. The molecule has 1 aromatic heterocycles. The number of rotatable bonds is 7. The lowest BCUT2D eigenvalue weighted by Crippen LogP contribution is -2.21. The number of anilines is 1. The fourth-order valence-electron chi connectivity index (χ4n) is 3.47. The number of aromatic nitrogens is 1. The molecule has 3 aromatic carbocycles. The van der Waals surface area contributed by atoms with Gasteiger partial charge in [0, 0.05) is 16.6 Å². The minimum absolute atomic E-state index is 0.302. The predicted molar refractivity (Wildman–Crippen MR) is 130 cm³/mol. The van der Waals surface area contributed by atoms with Crippen LogP contribution in [0.2, 0.25) is 0 Å². The van der Waals surface area contributed by atoms with Gasteiger partial charge in [0.1, 0.15) is 5.75 Å². The highest BCUT2D eigenvalue weighted by molar-refractivity contribution is 6.05. The van der Waals surface area contributed by atoms with Crippen LogP contribution < -0.4 is 10.1 Å². The number of carbonyl (C=O) groups is 3. The molecule has 0 aliphatic rings. The summed E-state index contributed by atoms with van der Waals surface area (Å²) in [4.78, 5) is 41.5. The summed E-state index contributed by atoms with van der Waals surface area (Å²) in [5.74, 6) is -0.928. The standard InChI is InChI=1S/C27H22N2O6/c1-33-20-13-9-17(10-14-20)24-15-22(21-5-3-4-6-23(21)29-24)27(32)35-16-25(30)28-19-11-7-18(8-12-19)26(31)34-2/h3-15H,16H2,1-2H3,(H,28,30). The van der Waals surface area contributed by atoms with Crippen molar-refractivity contribution in [1.29, 1.82) is 0 Å². The highest BCUT2D eigenvalue weighted by Crippen LogP contribution is 2.27. The van der Waals surface area contributed by atoms with Crippen molar-refractivity contribution in [1.82, 2.24) is 4.98 Å². The molecule has 4 rings (SSSR count). The summed E-state index contributed by atoms with van der Waals surface area (Å²) in [6.07, 6.45) is 0. The summed E-state index contributed by atoms with van der Waals surface area (Å²) >= 11 is 0. The van der Waals surface area contributed by atoms with Gasteiger partial charge >= 0.3 is 11.9 Å². The SMILES string of the molecule is COC(=O)c1ccc(NC(=O)COC(=O)c2cc(-c3ccc(OC)cc3)nc3ccccc23)cc1. The van der Waals surface area contributed by atoms with Crippen molar-refractivity contribution in [3.63, 3.8) is 0 Å². The third-order valence-electron chi connectivity index (χ3n) is 5.25. The lowest BCUT2D eigenvalue weighted by molar-refractivity contribution is -0.119. The molecule has 8 heteroatoms. The summed E-state index contributed by atoms with van der Waals surface area (Å²) in [6, 6.07) is 22.4. The number of nitrogens with zero attached hydrogens (tertiary/aromatic N) is 1. The number of methoxy groups -OCH3 is 2. The van der Waals surface area contributed by atoms with Gasteiger partial charge in [-0.05, 0) is 60.7 Å². The number of para-hydroxylation sites is 1. The van der Waals surface area contributed by atoms with E-state index in [-0.39, 0.29) is 0 Å². The van der Waals surface area contributed by atoms with Crippen molar-refractivity contribution in [2.24, 2.45) is 0 Å². The Morgan fingerprint density at radius 3 is 2.26 bits per heavy atom. The van der Waals surface area contributed by atoms with Crippen LogP contribution in [0.15, 0.2) is 78.9 Å². The number of amides is 1. The number of esters is 2. The summed E-state index contributed by atoms with van der Waals surface area (Å²) < 4.78 is 15.2. The van der Waals surface area contributed by atoms with Crippen LogP contribution in [-0.4, -0.2) is 43.7 Å². The Bertz CT molecular complexity index is 1380. The van der Waals surface area contributed by atoms with Crippen molar-refractivity contribution in [3.05, 3.63) is 90.0 Å². The van der Waals surface area contributed by atoms with Gasteiger partial charge in [-0.3, -0.25) is 4.79 Å². The van der Waals surface area contributed by atoms with Gasteiger partial charge in [-0.1, -0.05) is 18.2 Å². The number of hydrogen-bond acceptors (Lipinski definition) is 7. The normalized spacial score (nSPS) is 10.5. The summed E-state index contributed by atoms with van der Waals surface area (Å²) in [7, 11) is 2.88. The molecule has 0 radical (unpaired) electrons. The second kappa shape index (κ2) is 10.5. The maximum Gasteiger partial charge on any atom is 0.339 e. The maximum atomic E-state index is 13.0. The van der Waals surface area contributed by atoms with Crippen LogP contribution in [0.3, 0.4) is 0 Å². The van der Waals surface area contributed by atoms with Gasteiger partial charge in [0.25, 0.3) is 5.91 Å². The molecule has 0 saturated heterocycles. The maximum absolute atomic E-state index is 13.0. The molecule has 4 aromatic rings. The molecule has 1 heterocycles. The van der Waals surface area contributed by atoms with Crippen molar-refractivity contribution in [2.75, 3.05) is 26.1 Å². The molecule has 0 atom stereocenters. The number of pyridine rings is 1. The van der Waals surface area contributed by atoms with Crippen LogP contribution in [-0.2, 0) is 14.3 Å². The number of fused-ring (bicyclic) bond motifs is 1. The van der Waals surface area contributed by atoms with Crippen LogP contribution in [0.4, 0.5) is 5.69 Å². The van der Waals surface area contributed by atoms with Gasteiger partial charge in [0.2, 0.25) is 0 Å². The topological polar surface area (TPSA) is 104 Å². The first-order valence-electron chi connectivity index (χ1n) is 10.7. The van der Waals surface area contributed by atoms with E-state index < -0.39 is 24.5 Å². The molecule has 0 aliphatic carbocycles. The van der Waals surface area contributed by atoms with E-state index in [0.717, 1.165) is 5.56 Å². The molecule has 0 bridgehead atoms. The van der Waals surface area contributed by atoms with Crippen molar-refractivity contribution < 1.29 is 28.6 Å². The monoisotopic (exact) mass is 470 g/mol. The van der Waals surface area contributed by atoms with Crippen LogP contribution >= 0.6 is 0 Å². The summed E-state index contributed by atoms with van der Waals surface area (Å²) in [6.45, 7) is -0.480. The second-order valence-electron chi connectivity index (χ2n) is 7.49. The summed E-state index contributed by atoms with van der Waals surface area (Å²) in [5.41, 5.74) is 3.13. The quantitative estimate of drug-likeness (QED) is 0.397. The fraction of sp³-hybridized carbons (Fsp3) is 0.111. The first-order valence-corrected chi connectivity index (χ1v) is 10.7. The zero-order valence-electron chi connectivity index (χ0n) is 19.1. The second-order valence-corrected chi connectivity index (χ2v) is 7.49. The number of benzene rings is 3. The highest BCUT2D eigenvalue weighted by Gasteiger charge is 2.17. The van der Waals surface area contributed by atoms with E-state index in [1.807, 2.05) is 36.4 Å². The smallest absolute Gasteiger partial charge is 0.339 e.